The molecule has 0 radical (unpaired) electrons. The Morgan fingerprint density at radius 3 is 0.832 bits per heavy atom. The van der Waals surface area contributed by atoms with Crippen LogP contribution < -0.4 is 0 Å². The molecule has 149 heavy (non-hydrogen) atoms. The molecular weight excluding hydrogens is 1850 g/mol. The van der Waals surface area contributed by atoms with Crippen molar-refractivity contribution in [1.29, 1.82) is 0 Å². The van der Waals surface area contributed by atoms with Gasteiger partial charge < -0.3 is 37.9 Å². The van der Waals surface area contributed by atoms with Crippen LogP contribution >= 0.6 is 0 Å². The Morgan fingerprint density at radius 2 is 0.537 bits per heavy atom. The zero-order chi connectivity index (χ0) is 108. The van der Waals surface area contributed by atoms with Gasteiger partial charge in [0.15, 0.2) is 6.61 Å². The van der Waals surface area contributed by atoms with Gasteiger partial charge in [-0.2, -0.15) is 0 Å². The van der Waals surface area contributed by atoms with Gasteiger partial charge in [0.2, 0.25) is 0 Å². The molecule has 0 saturated heterocycles. The van der Waals surface area contributed by atoms with Gasteiger partial charge in [0, 0.05) is 40.9 Å². The summed E-state index contributed by atoms with van der Waals surface area (Å²) >= 11 is 0. The van der Waals surface area contributed by atoms with E-state index < -0.39 is 10.8 Å². The van der Waals surface area contributed by atoms with Gasteiger partial charge in [-0.1, -0.05) is 127 Å². The maximum Gasteiger partial charge on any atom is 0.344 e. The summed E-state index contributed by atoms with van der Waals surface area (Å²) in [6, 6.07) is 10.6. The maximum absolute atomic E-state index is 13.0. The van der Waals surface area contributed by atoms with Gasteiger partial charge in [0.25, 0.3) is 0 Å². The molecule has 16 nitrogen and oxygen atoms in total. The van der Waals surface area contributed by atoms with E-state index in [2.05, 4.69) is 134 Å². The third-order valence-electron chi connectivity index (χ3n) is 48.1. The predicted molar refractivity (Wildman–Crippen MR) is 592 cm³/mol. The highest BCUT2D eigenvalue weighted by molar-refractivity contribution is 5.81. The molecule has 1 aromatic carbocycles. The van der Waals surface area contributed by atoms with Gasteiger partial charge in [-0.15, -0.1) is 0 Å². The Hall–Kier alpha value is -5.28. The van der Waals surface area contributed by atoms with E-state index in [0.717, 1.165) is 128 Å². The Labute approximate surface area is 904 Å². The van der Waals surface area contributed by atoms with E-state index >= 15 is 0 Å². The average Bonchev–Trinajstić information content (AvgIpc) is 0.703. The number of ether oxygens (including phenoxy) is 8. The number of carbonyl (C=O) groups is 8. The molecule has 28 fully saturated rings. The van der Waals surface area contributed by atoms with Gasteiger partial charge in [-0.05, 0) is 535 Å². The topological polar surface area (TPSA) is 210 Å². The number of benzene rings is 1. The van der Waals surface area contributed by atoms with Crippen molar-refractivity contribution in [3.05, 3.63) is 48.6 Å². The summed E-state index contributed by atoms with van der Waals surface area (Å²) in [5.41, 5.74) is -3.26. The molecule has 0 aliphatic heterocycles. The lowest BCUT2D eigenvalue weighted by Gasteiger charge is -2.64. The molecule has 0 amide bonds. The van der Waals surface area contributed by atoms with Crippen molar-refractivity contribution in [3.63, 3.8) is 0 Å². The lowest BCUT2D eigenvalue weighted by atomic mass is 9.45. The van der Waals surface area contributed by atoms with Gasteiger partial charge in [0.05, 0.1) is 37.9 Å². The predicted octanol–water partition coefficient (Wildman–Crippen LogP) is 32.2. The van der Waals surface area contributed by atoms with E-state index in [9.17, 15) is 38.4 Å². The molecule has 29 rings (SSSR count). The summed E-state index contributed by atoms with van der Waals surface area (Å²) < 4.78 is 49.1. The number of carbonyl (C=O) groups excluding carboxylic acids is 8. The minimum Gasteiger partial charge on any atom is -0.458 e. The second-order valence-electron chi connectivity index (χ2n) is 61.1. The molecule has 1 aromatic rings. The van der Waals surface area contributed by atoms with Crippen LogP contribution in [0.4, 0.5) is 0 Å². The average molecular weight is 2070 g/mol. The van der Waals surface area contributed by atoms with E-state index in [1.54, 1.807) is 0 Å². The summed E-state index contributed by atoms with van der Waals surface area (Å²) in [6.45, 7) is 64.0. The van der Waals surface area contributed by atoms with Gasteiger partial charge in [-0.25, -0.2) is 4.79 Å². The fraction of sp³-hybridized carbons (Fsp3) is 0.880. The van der Waals surface area contributed by atoms with Crippen molar-refractivity contribution < 1.29 is 76.3 Å². The van der Waals surface area contributed by atoms with Crippen LogP contribution in [0, 0.1) is 215 Å². The van der Waals surface area contributed by atoms with Crippen molar-refractivity contribution in [1.82, 2.24) is 0 Å². The van der Waals surface area contributed by atoms with E-state index in [1.165, 1.54) is 230 Å². The van der Waals surface area contributed by atoms with Gasteiger partial charge >= 0.3 is 47.8 Å². The lowest BCUT2D eigenvalue weighted by molar-refractivity contribution is -0.250. The molecule has 28 aliphatic carbocycles. The fourth-order valence-corrected chi connectivity index (χ4v) is 37.1. The number of hydrogen-bond donors (Lipinski definition) is 0. The van der Waals surface area contributed by atoms with Crippen molar-refractivity contribution in [3.8, 4) is 0 Å². The molecule has 0 aromatic heterocycles. The maximum atomic E-state index is 13.0. The van der Waals surface area contributed by atoms with Gasteiger partial charge in [0.1, 0.15) is 39.2 Å². The highest BCUT2D eigenvalue weighted by atomic mass is 16.6. The second kappa shape index (κ2) is 43.5. The Kier molecular flexibility index (Phi) is 33.9. The smallest absolute Gasteiger partial charge is 0.344 e. The molecule has 28 saturated carbocycles. The summed E-state index contributed by atoms with van der Waals surface area (Å²) in [6.07, 6.45) is 54.0. The lowest BCUT2D eigenvalue weighted by Crippen LogP contribution is -2.66. The summed E-state index contributed by atoms with van der Waals surface area (Å²) in [5.74, 6) is 20.2. The van der Waals surface area contributed by atoms with Crippen molar-refractivity contribution in [2.45, 2.75) is 516 Å². The highest BCUT2D eigenvalue weighted by Gasteiger charge is 2.69. The van der Waals surface area contributed by atoms with E-state index in [1.807, 2.05) is 110 Å². The first kappa shape index (κ1) is 116. The van der Waals surface area contributed by atoms with Crippen molar-refractivity contribution in [2.75, 3.05) is 6.61 Å². The van der Waals surface area contributed by atoms with Crippen molar-refractivity contribution >= 4 is 47.8 Å². The third kappa shape index (κ3) is 22.2. The zero-order valence-corrected chi connectivity index (χ0v) is 99.6. The molecule has 840 valence electrons. The van der Waals surface area contributed by atoms with Crippen LogP contribution in [0.25, 0.3) is 0 Å². The normalized spacial score (nSPS) is 41.0. The summed E-state index contributed by atoms with van der Waals surface area (Å²) in [7, 11) is 0. The monoisotopic (exact) mass is 2070 g/mol. The minimum absolute atomic E-state index is 0.0127. The number of hydrogen-bond acceptors (Lipinski definition) is 16. The van der Waals surface area contributed by atoms with Crippen LogP contribution in [-0.2, 0) is 81.9 Å². The van der Waals surface area contributed by atoms with E-state index in [-0.39, 0.29) is 126 Å². The van der Waals surface area contributed by atoms with Crippen LogP contribution in [0.2, 0.25) is 0 Å². The summed E-state index contributed by atoms with van der Waals surface area (Å²) in [4.78, 5) is 101. The molecule has 16 heteroatoms. The number of esters is 8. The second-order valence-corrected chi connectivity index (χ2v) is 61.1. The Morgan fingerprint density at radius 1 is 0.289 bits per heavy atom. The molecule has 0 N–H and O–H groups in total. The molecule has 0 spiro atoms. The Bertz CT molecular complexity index is 4660. The first-order chi connectivity index (χ1) is 69.8. The molecule has 28 bridgehead atoms. The standard InChI is InChI=1S/C22H30O2.C20H34O2.C19H30O4.C19H32O2.C18H30O2.C18H28O2.C17H28O2/c1-4-21(2,3)20(23)24-22(17-8-6-5-7-9-17)18-11-15-10-16(13-18)14-19(22)12-15;1-7-19(5,6)17(21)22-20(18(2,3)4)15-9-13-8-14(11-15)12-16(20)10-13;1-5-18(2,3)17(21)22-11-16(20)23-19(4)14-7-12-6-13(9-14)10-15(19)8-12;1-6-18(4,5)17(20)21-19(12(2)3)15-8-13-7-14(10-15)11-16(19)9-13;2*1-5-17(3,4)16(19)20-18(6-2)14-8-12-7-13(10-14)11-15(18)9-12;1-5-16(2,3)15(18)19-17(4)13-7-11-6-12(9-13)10-14(17)8-11/h5-9,15-16,18-19H,4,10-14H2,1-3H3;13-16H,7-12H2,1-6H3;12-15H,5-11H2,1-4H3;12-16H,6-11H2,1-5H3;12-15H,5-11H2,1-4H3;6,12-15H,2,5,7-11H2,1,3-4H3;11-14H,5-10H2,1-4H3. The fourth-order valence-electron chi connectivity index (χ4n) is 37.1. The highest BCUT2D eigenvalue weighted by Crippen LogP contribution is 2.71. The van der Waals surface area contributed by atoms with Crippen molar-refractivity contribution in [2.24, 2.45) is 215 Å². The first-order valence-electron chi connectivity index (χ1n) is 62.2. The first-order valence-corrected chi connectivity index (χ1v) is 62.2. The molecule has 0 heterocycles. The zero-order valence-electron chi connectivity index (χ0n) is 99.6. The van der Waals surface area contributed by atoms with Crippen LogP contribution in [-0.4, -0.2) is 88.0 Å². The van der Waals surface area contributed by atoms with Crippen LogP contribution in [0.5, 0.6) is 0 Å². The Balaban J connectivity index is 0.000000124. The summed E-state index contributed by atoms with van der Waals surface area (Å²) in [5, 5.41) is 0. The van der Waals surface area contributed by atoms with Crippen LogP contribution in [0.1, 0.15) is 482 Å². The third-order valence-corrected chi connectivity index (χ3v) is 48.1. The minimum atomic E-state index is -0.549. The quantitative estimate of drug-likeness (QED) is 0.0455. The SMILES string of the molecule is C=CC1(OC(=O)C(C)(C)CC)C2CC3CC(C2)CC1C3.CCC(C)(C)C(=O)OC1(C(C)(C)C)C2CC3CC(C2)CC1C3.CCC(C)(C)C(=O)OC1(C(C)C)C2CC3CC(C2)CC1C3.CCC(C)(C)C(=O)OC1(C)C2CC3CC(C2)CC1C3.CCC(C)(C)C(=O)OC1(CC)C2CC3CC(C2)CC1C3.CCC(C)(C)C(=O)OC1(c2ccccc2)C2CC3CC(C2)CC1C3.CCC(C)(C)C(=O)OCC(=O)OC1(C)C2CC3CC(C2)CC1C3. The van der Waals surface area contributed by atoms with E-state index in [0.29, 0.717) is 95.2 Å². The largest absolute Gasteiger partial charge is 0.458 e. The number of rotatable bonds is 27. The molecule has 0 unspecified atom stereocenters. The molecule has 28 aliphatic rings. The molecular formula is C133H212O16. The molecule has 0 atom stereocenters. The van der Waals surface area contributed by atoms with Gasteiger partial charge in [-0.3, -0.25) is 33.6 Å². The van der Waals surface area contributed by atoms with E-state index in [4.69, 9.17) is 37.9 Å². The van der Waals surface area contributed by atoms with Crippen LogP contribution in [0.15, 0.2) is 43.0 Å². The van der Waals surface area contributed by atoms with Crippen LogP contribution in [0.3, 0.4) is 0 Å².